The summed E-state index contributed by atoms with van der Waals surface area (Å²) in [5.41, 5.74) is 8.18. The molecule has 0 radical (unpaired) electrons. The van der Waals surface area contributed by atoms with Crippen LogP contribution in [-0.4, -0.2) is 17.6 Å². The van der Waals surface area contributed by atoms with Crippen molar-refractivity contribution >= 4 is 27.6 Å². The summed E-state index contributed by atoms with van der Waals surface area (Å²) in [5, 5.41) is 0. The molecule has 4 nitrogen and oxygen atoms in total. The van der Waals surface area contributed by atoms with E-state index in [9.17, 15) is 4.79 Å². The molecule has 0 spiro atoms. The number of esters is 1. The standard InChI is InChI=1S/C11H15BrN2O2/c1-3-16-10(15)5-4-8-6-9(13)11(12)14-7(8)2/h6H,3-5,13H2,1-2H3. The molecule has 0 aromatic carbocycles. The molecule has 5 heteroatoms. The first-order chi connectivity index (χ1) is 7.54. The van der Waals surface area contributed by atoms with Crippen LogP contribution in [0.2, 0.25) is 0 Å². The number of aromatic nitrogens is 1. The van der Waals surface area contributed by atoms with Gasteiger partial charge >= 0.3 is 5.97 Å². The average Bonchev–Trinajstić information content (AvgIpc) is 2.22. The Bertz CT molecular complexity index is 394. The van der Waals surface area contributed by atoms with E-state index in [2.05, 4.69) is 20.9 Å². The largest absolute Gasteiger partial charge is 0.466 e. The molecule has 0 unspecified atom stereocenters. The van der Waals surface area contributed by atoms with E-state index in [1.54, 1.807) is 6.92 Å². The van der Waals surface area contributed by atoms with E-state index in [0.29, 0.717) is 29.7 Å². The maximum absolute atomic E-state index is 11.2. The number of anilines is 1. The fourth-order valence-corrected chi connectivity index (χ4v) is 1.74. The number of aryl methyl sites for hydroxylation is 2. The van der Waals surface area contributed by atoms with Crippen molar-refractivity contribution in [2.24, 2.45) is 0 Å². The van der Waals surface area contributed by atoms with Crippen molar-refractivity contribution < 1.29 is 9.53 Å². The number of nitrogen functional groups attached to an aromatic ring is 1. The van der Waals surface area contributed by atoms with E-state index in [1.807, 2.05) is 13.0 Å². The maximum Gasteiger partial charge on any atom is 0.306 e. The predicted molar refractivity (Wildman–Crippen MR) is 66.0 cm³/mol. The zero-order valence-electron chi connectivity index (χ0n) is 9.42. The van der Waals surface area contributed by atoms with Crippen molar-refractivity contribution in [3.05, 3.63) is 21.9 Å². The normalized spacial score (nSPS) is 10.2. The van der Waals surface area contributed by atoms with E-state index in [4.69, 9.17) is 10.5 Å². The number of carbonyl (C=O) groups is 1. The topological polar surface area (TPSA) is 65.2 Å². The second kappa shape index (κ2) is 5.84. The third-order valence-corrected chi connectivity index (χ3v) is 2.84. The molecule has 0 aliphatic heterocycles. The van der Waals surface area contributed by atoms with E-state index >= 15 is 0 Å². The van der Waals surface area contributed by atoms with Crippen molar-refractivity contribution in [2.45, 2.75) is 26.7 Å². The third kappa shape index (κ3) is 3.48. The smallest absolute Gasteiger partial charge is 0.306 e. The van der Waals surface area contributed by atoms with E-state index in [1.165, 1.54) is 0 Å². The monoisotopic (exact) mass is 286 g/mol. The summed E-state index contributed by atoms with van der Waals surface area (Å²) in [6.45, 7) is 4.10. The minimum atomic E-state index is -0.191. The SMILES string of the molecule is CCOC(=O)CCc1cc(N)c(Br)nc1C. The quantitative estimate of drug-likeness (QED) is 0.681. The minimum absolute atomic E-state index is 0.191. The number of hydrogen-bond donors (Lipinski definition) is 1. The van der Waals surface area contributed by atoms with Crippen LogP contribution >= 0.6 is 15.9 Å². The van der Waals surface area contributed by atoms with E-state index in [0.717, 1.165) is 11.3 Å². The first-order valence-electron chi connectivity index (χ1n) is 5.11. The van der Waals surface area contributed by atoms with Crippen molar-refractivity contribution in [3.63, 3.8) is 0 Å². The fraction of sp³-hybridized carbons (Fsp3) is 0.455. The van der Waals surface area contributed by atoms with Crippen LogP contribution in [0.1, 0.15) is 24.6 Å². The molecule has 0 saturated heterocycles. The van der Waals surface area contributed by atoms with Gasteiger partial charge in [0.25, 0.3) is 0 Å². The van der Waals surface area contributed by atoms with Gasteiger partial charge in [-0.1, -0.05) is 0 Å². The minimum Gasteiger partial charge on any atom is -0.466 e. The summed E-state index contributed by atoms with van der Waals surface area (Å²) < 4.78 is 5.50. The van der Waals surface area contributed by atoms with Gasteiger partial charge in [0.05, 0.1) is 12.3 Å². The highest BCUT2D eigenvalue weighted by Crippen LogP contribution is 2.20. The molecule has 1 aromatic rings. The molecule has 0 bridgehead atoms. The number of nitrogens with zero attached hydrogens (tertiary/aromatic N) is 1. The molecule has 0 aliphatic rings. The van der Waals surface area contributed by atoms with Crippen LogP contribution in [0.25, 0.3) is 0 Å². The molecule has 1 aromatic heterocycles. The van der Waals surface area contributed by atoms with Gasteiger partial charge < -0.3 is 10.5 Å². The van der Waals surface area contributed by atoms with Gasteiger partial charge in [0.1, 0.15) is 4.60 Å². The molecule has 2 N–H and O–H groups in total. The Kier molecular flexibility index (Phi) is 4.73. The van der Waals surface area contributed by atoms with Gasteiger partial charge in [0, 0.05) is 12.1 Å². The summed E-state index contributed by atoms with van der Waals surface area (Å²) in [4.78, 5) is 15.4. The number of carbonyl (C=O) groups excluding carboxylic acids is 1. The Balaban J connectivity index is 2.67. The molecule has 1 heterocycles. The molecule has 1 rings (SSSR count). The fourth-order valence-electron chi connectivity index (χ4n) is 1.36. The molecule has 0 fully saturated rings. The Morgan fingerprint density at radius 2 is 2.31 bits per heavy atom. The summed E-state index contributed by atoms with van der Waals surface area (Å²) in [6.07, 6.45) is 0.965. The Hall–Kier alpha value is -1.10. The van der Waals surface area contributed by atoms with Gasteiger partial charge in [-0.3, -0.25) is 4.79 Å². The Morgan fingerprint density at radius 3 is 2.94 bits per heavy atom. The van der Waals surface area contributed by atoms with Crippen LogP contribution in [0.15, 0.2) is 10.7 Å². The second-order valence-corrected chi connectivity index (χ2v) is 4.17. The Labute approximate surface area is 103 Å². The van der Waals surface area contributed by atoms with Crippen molar-refractivity contribution in [2.75, 3.05) is 12.3 Å². The number of nitrogens with two attached hydrogens (primary N) is 1. The van der Waals surface area contributed by atoms with Crippen molar-refractivity contribution in [1.82, 2.24) is 4.98 Å². The van der Waals surface area contributed by atoms with E-state index in [-0.39, 0.29) is 5.97 Å². The zero-order valence-corrected chi connectivity index (χ0v) is 11.0. The van der Waals surface area contributed by atoms with Gasteiger partial charge in [-0.25, -0.2) is 4.98 Å². The molecular weight excluding hydrogens is 272 g/mol. The summed E-state index contributed by atoms with van der Waals surface area (Å²) in [7, 11) is 0. The lowest BCUT2D eigenvalue weighted by Gasteiger charge is -2.07. The lowest BCUT2D eigenvalue weighted by atomic mass is 10.1. The summed E-state index contributed by atoms with van der Waals surface area (Å²) in [5.74, 6) is -0.191. The number of ether oxygens (including phenoxy) is 1. The average molecular weight is 287 g/mol. The van der Waals surface area contributed by atoms with Gasteiger partial charge in [0.15, 0.2) is 0 Å². The van der Waals surface area contributed by atoms with Crippen molar-refractivity contribution in [1.29, 1.82) is 0 Å². The van der Waals surface area contributed by atoms with Gasteiger partial charge in [0.2, 0.25) is 0 Å². The highest BCUT2D eigenvalue weighted by atomic mass is 79.9. The second-order valence-electron chi connectivity index (χ2n) is 3.42. The Morgan fingerprint density at radius 1 is 1.62 bits per heavy atom. The van der Waals surface area contributed by atoms with Crippen molar-refractivity contribution in [3.8, 4) is 0 Å². The molecule has 0 saturated carbocycles. The number of pyridine rings is 1. The molecule has 0 aliphatic carbocycles. The van der Waals surface area contributed by atoms with E-state index < -0.39 is 0 Å². The zero-order chi connectivity index (χ0) is 12.1. The summed E-state index contributed by atoms with van der Waals surface area (Å²) >= 11 is 3.26. The molecular formula is C11H15BrN2O2. The first kappa shape index (κ1) is 13.0. The van der Waals surface area contributed by atoms with Crippen LogP contribution in [-0.2, 0) is 16.0 Å². The number of halogens is 1. The highest BCUT2D eigenvalue weighted by Gasteiger charge is 2.08. The number of hydrogen-bond acceptors (Lipinski definition) is 4. The van der Waals surface area contributed by atoms with Crippen LogP contribution in [0.3, 0.4) is 0 Å². The van der Waals surface area contributed by atoms with Crippen LogP contribution in [0, 0.1) is 6.92 Å². The highest BCUT2D eigenvalue weighted by molar-refractivity contribution is 9.10. The van der Waals surface area contributed by atoms with Gasteiger partial charge in [-0.15, -0.1) is 0 Å². The molecule has 88 valence electrons. The lowest BCUT2D eigenvalue weighted by molar-refractivity contribution is -0.143. The molecule has 16 heavy (non-hydrogen) atoms. The molecule has 0 atom stereocenters. The maximum atomic E-state index is 11.2. The lowest BCUT2D eigenvalue weighted by Crippen LogP contribution is -2.07. The predicted octanol–water partition coefficient (Wildman–Crippen LogP) is 2.23. The number of rotatable bonds is 4. The van der Waals surface area contributed by atoms with Gasteiger partial charge in [-0.05, 0) is 47.8 Å². The van der Waals surface area contributed by atoms with Crippen LogP contribution < -0.4 is 5.73 Å². The van der Waals surface area contributed by atoms with Gasteiger partial charge in [-0.2, -0.15) is 0 Å². The van der Waals surface area contributed by atoms with Crippen LogP contribution in [0.5, 0.6) is 0 Å². The first-order valence-corrected chi connectivity index (χ1v) is 5.91. The third-order valence-electron chi connectivity index (χ3n) is 2.20. The van der Waals surface area contributed by atoms with Crippen LogP contribution in [0.4, 0.5) is 5.69 Å². The molecule has 0 amide bonds. The summed E-state index contributed by atoms with van der Waals surface area (Å²) in [6, 6.07) is 1.84.